The third-order valence-corrected chi connectivity index (χ3v) is 3.54. The molecule has 138 valence electrons. The second-order valence-corrected chi connectivity index (χ2v) is 5.51. The molecule has 0 spiro atoms. The number of esters is 1. The molecule has 12 heteroatoms. The number of nitrogens with zero attached hydrogens (tertiary/aromatic N) is 2. The van der Waals surface area contributed by atoms with Crippen molar-refractivity contribution in [2.45, 2.75) is 6.36 Å². The number of rotatable bonds is 4. The van der Waals surface area contributed by atoms with Crippen LogP contribution >= 0.6 is 11.8 Å². The van der Waals surface area contributed by atoms with E-state index in [1.165, 1.54) is 0 Å². The van der Waals surface area contributed by atoms with Crippen molar-refractivity contribution in [1.82, 2.24) is 5.32 Å². The number of hydrogen-bond donors (Lipinski definition) is 1. The van der Waals surface area contributed by atoms with Gasteiger partial charge in [-0.05, 0) is 29.5 Å². The second kappa shape index (κ2) is 7.99. The van der Waals surface area contributed by atoms with Gasteiger partial charge in [-0.25, -0.2) is 9.18 Å². The molecule has 0 aliphatic carbocycles. The Balaban J connectivity index is 2.10. The van der Waals surface area contributed by atoms with Crippen molar-refractivity contribution < 1.29 is 36.6 Å². The van der Waals surface area contributed by atoms with E-state index in [1.54, 1.807) is 0 Å². The Bertz CT molecular complexity index is 821. The fourth-order valence-electron chi connectivity index (χ4n) is 1.59. The van der Waals surface area contributed by atoms with Gasteiger partial charge in [-0.2, -0.15) is 5.10 Å². The number of hydrogen-bond acceptors (Lipinski definition) is 7. The molecule has 1 heterocycles. The largest absolute Gasteiger partial charge is 0.573 e. The maximum atomic E-state index is 13.3. The average Bonchev–Trinajstić information content (AvgIpc) is 2.88. The maximum Gasteiger partial charge on any atom is 0.573 e. The van der Waals surface area contributed by atoms with Crippen molar-refractivity contribution in [3.8, 4) is 5.75 Å². The van der Waals surface area contributed by atoms with E-state index in [9.17, 15) is 27.2 Å². The Morgan fingerprint density at radius 3 is 2.73 bits per heavy atom. The predicted molar refractivity (Wildman–Crippen MR) is 83.9 cm³/mol. The van der Waals surface area contributed by atoms with Gasteiger partial charge in [-0.3, -0.25) is 10.1 Å². The molecular formula is C14H9F4N3O4S. The standard InChI is InChI=1S/C14H9F4N3O4S/c1-24-11(22)5-10-12(23)20-13(26-10)21-19-6-7-2-3-8(15)9(4-7)25-14(16,17)18/h2-6H,1H3,(H,20,21,23)/b10-5+,19-6?. The molecule has 0 bridgehead atoms. The van der Waals surface area contributed by atoms with E-state index in [2.05, 4.69) is 25.0 Å². The Hall–Kier alpha value is -2.89. The topological polar surface area (TPSA) is 89.3 Å². The molecular weight excluding hydrogens is 382 g/mol. The van der Waals surface area contributed by atoms with E-state index in [0.717, 1.165) is 49.4 Å². The highest BCUT2D eigenvalue weighted by Crippen LogP contribution is 2.26. The number of nitrogens with one attached hydrogen (secondary N) is 1. The molecule has 1 fully saturated rings. The molecule has 1 aromatic carbocycles. The van der Waals surface area contributed by atoms with Crippen LogP contribution in [-0.4, -0.2) is 36.7 Å². The number of benzene rings is 1. The van der Waals surface area contributed by atoms with E-state index in [4.69, 9.17) is 0 Å². The molecule has 0 atom stereocenters. The van der Waals surface area contributed by atoms with Crippen molar-refractivity contribution in [3.63, 3.8) is 0 Å². The Morgan fingerprint density at radius 1 is 1.35 bits per heavy atom. The maximum absolute atomic E-state index is 13.3. The first-order valence-corrected chi connectivity index (χ1v) is 7.45. The van der Waals surface area contributed by atoms with Crippen LogP contribution in [0.5, 0.6) is 5.75 Å². The van der Waals surface area contributed by atoms with Crippen LogP contribution < -0.4 is 10.1 Å². The first kappa shape index (κ1) is 19.4. The molecule has 1 aromatic rings. The van der Waals surface area contributed by atoms with Gasteiger partial charge in [0.15, 0.2) is 16.7 Å². The minimum absolute atomic E-state index is 0.0356. The number of amides is 1. The molecule has 1 N–H and O–H groups in total. The van der Waals surface area contributed by atoms with Crippen molar-refractivity contribution in [2.24, 2.45) is 10.2 Å². The van der Waals surface area contributed by atoms with Gasteiger partial charge in [0.05, 0.1) is 18.2 Å². The minimum Gasteiger partial charge on any atom is -0.466 e. The van der Waals surface area contributed by atoms with Crippen LogP contribution in [0.1, 0.15) is 5.56 Å². The number of amidine groups is 1. The number of thioether (sulfide) groups is 1. The Morgan fingerprint density at radius 2 is 2.08 bits per heavy atom. The van der Waals surface area contributed by atoms with Crippen molar-refractivity contribution in [3.05, 3.63) is 40.6 Å². The van der Waals surface area contributed by atoms with Gasteiger partial charge in [0.1, 0.15) is 0 Å². The van der Waals surface area contributed by atoms with Gasteiger partial charge in [-0.15, -0.1) is 18.3 Å². The lowest BCUT2D eigenvalue weighted by atomic mass is 10.2. The summed E-state index contributed by atoms with van der Waals surface area (Å²) >= 11 is 0.813. The molecule has 1 amide bonds. The zero-order chi connectivity index (χ0) is 19.3. The van der Waals surface area contributed by atoms with Crippen LogP contribution in [0.25, 0.3) is 0 Å². The van der Waals surface area contributed by atoms with Gasteiger partial charge in [0.25, 0.3) is 5.91 Å². The Kier molecular flexibility index (Phi) is 5.97. The highest BCUT2D eigenvalue weighted by molar-refractivity contribution is 8.18. The smallest absolute Gasteiger partial charge is 0.466 e. The lowest BCUT2D eigenvalue weighted by Crippen LogP contribution is -2.19. The Labute approximate surface area is 147 Å². The number of methoxy groups -OCH3 is 1. The summed E-state index contributed by atoms with van der Waals surface area (Å²) in [6.45, 7) is 0. The summed E-state index contributed by atoms with van der Waals surface area (Å²) in [7, 11) is 1.15. The number of alkyl halides is 3. The first-order chi connectivity index (χ1) is 12.2. The van der Waals surface area contributed by atoms with Crippen LogP contribution in [0.4, 0.5) is 17.6 Å². The third-order valence-electron chi connectivity index (χ3n) is 2.64. The molecule has 0 radical (unpaired) electrons. The van der Waals surface area contributed by atoms with Crippen LogP contribution in [-0.2, 0) is 14.3 Å². The molecule has 1 aliphatic rings. The second-order valence-electron chi connectivity index (χ2n) is 4.48. The lowest BCUT2D eigenvalue weighted by molar-refractivity contribution is -0.275. The number of carbonyl (C=O) groups excluding carboxylic acids is 2. The highest BCUT2D eigenvalue weighted by atomic mass is 32.2. The minimum atomic E-state index is -5.04. The van der Waals surface area contributed by atoms with Gasteiger partial charge >= 0.3 is 12.3 Å². The van der Waals surface area contributed by atoms with Crippen molar-refractivity contribution >= 4 is 35.0 Å². The summed E-state index contributed by atoms with van der Waals surface area (Å²) in [4.78, 5) is 22.7. The number of carbonyl (C=O) groups is 2. The van der Waals surface area contributed by atoms with Gasteiger partial charge in [-0.1, -0.05) is 6.07 Å². The monoisotopic (exact) mass is 391 g/mol. The molecule has 7 nitrogen and oxygen atoms in total. The van der Waals surface area contributed by atoms with E-state index in [1.807, 2.05) is 0 Å². The normalized spacial score (nSPS) is 17.8. The number of ether oxygens (including phenoxy) is 2. The van der Waals surface area contributed by atoms with Crippen LogP contribution in [0.2, 0.25) is 0 Å². The van der Waals surface area contributed by atoms with Crippen LogP contribution in [0, 0.1) is 5.82 Å². The van der Waals surface area contributed by atoms with Crippen molar-refractivity contribution in [2.75, 3.05) is 7.11 Å². The molecule has 26 heavy (non-hydrogen) atoms. The molecule has 1 saturated heterocycles. The van der Waals surface area contributed by atoms with E-state index < -0.39 is 29.8 Å². The van der Waals surface area contributed by atoms with Crippen LogP contribution in [0.15, 0.2) is 39.4 Å². The number of halogens is 4. The van der Waals surface area contributed by atoms with Gasteiger partial charge in [0.2, 0.25) is 0 Å². The zero-order valence-corrected chi connectivity index (χ0v) is 13.7. The van der Waals surface area contributed by atoms with Crippen LogP contribution in [0.3, 0.4) is 0 Å². The summed E-state index contributed by atoms with van der Waals surface area (Å²) < 4.78 is 57.7. The molecule has 1 aliphatic heterocycles. The van der Waals surface area contributed by atoms with Crippen molar-refractivity contribution in [1.29, 1.82) is 0 Å². The first-order valence-electron chi connectivity index (χ1n) is 6.63. The molecule has 0 aromatic heterocycles. The van der Waals surface area contributed by atoms with Gasteiger partial charge < -0.3 is 9.47 Å². The van der Waals surface area contributed by atoms with Gasteiger partial charge in [0, 0.05) is 6.08 Å². The molecule has 2 rings (SSSR count). The lowest BCUT2D eigenvalue weighted by Gasteiger charge is -2.09. The molecule has 0 unspecified atom stereocenters. The summed E-state index contributed by atoms with van der Waals surface area (Å²) in [5.41, 5.74) is 0.0784. The van der Waals surface area contributed by atoms with E-state index in [-0.39, 0.29) is 15.6 Å². The highest BCUT2D eigenvalue weighted by Gasteiger charge is 2.32. The predicted octanol–water partition coefficient (Wildman–Crippen LogP) is 2.33. The summed E-state index contributed by atoms with van der Waals surface area (Å²) in [6, 6.07) is 2.72. The zero-order valence-electron chi connectivity index (χ0n) is 12.8. The SMILES string of the molecule is COC(=O)/C=C1/S/C(=N\N=Cc2ccc(F)c(OC(F)(F)F)c2)NC1=O. The quantitative estimate of drug-likeness (QED) is 0.280. The molecule has 0 saturated carbocycles. The fourth-order valence-corrected chi connectivity index (χ4v) is 2.33. The van der Waals surface area contributed by atoms with E-state index in [0.29, 0.717) is 0 Å². The fraction of sp³-hybridized carbons (Fsp3) is 0.143. The summed E-state index contributed by atoms with van der Waals surface area (Å²) in [6.07, 6.45) is -3.04. The summed E-state index contributed by atoms with van der Waals surface area (Å²) in [5.74, 6) is -3.52. The summed E-state index contributed by atoms with van der Waals surface area (Å²) in [5, 5.41) is 9.59. The van der Waals surface area contributed by atoms with E-state index >= 15 is 0 Å². The third kappa shape index (κ3) is 5.58. The average molecular weight is 391 g/mol.